The molecule has 106 valence electrons. The minimum Gasteiger partial charge on any atom is -0.465 e. The van der Waals surface area contributed by atoms with Gasteiger partial charge in [0.25, 0.3) is 0 Å². The van der Waals surface area contributed by atoms with Gasteiger partial charge in [-0.2, -0.15) is 4.98 Å². The molecule has 1 aliphatic rings. The zero-order valence-corrected chi connectivity index (χ0v) is 12.2. The molecule has 0 N–H and O–H groups in total. The number of aryl methyl sites for hydroxylation is 1. The Hall–Kier alpha value is -1.76. The number of hydrogen-bond acceptors (Lipinski definition) is 7. The largest absolute Gasteiger partial charge is 0.465 e. The average molecular weight is 293 g/mol. The number of esters is 1. The topological polar surface area (TPSA) is 78.1 Å². The first-order valence-electron chi connectivity index (χ1n) is 6.55. The molecular weight excluding hydrogens is 278 g/mol. The van der Waals surface area contributed by atoms with E-state index in [0.717, 1.165) is 10.7 Å². The van der Waals surface area contributed by atoms with Gasteiger partial charge in [-0.15, -0.1) is 11.3 Å². The van der Waals surface area contributed by atoms with Gasteiger partial charge in [0.1, 0.15) is 10.4 Å². The van der Waals surface area contributed by atoms with Crippen LogP contribution in [0.1, 0.15) is 42.2 Å². The van der Waals surface area contributed by atoms with Gasteiger partial charge in [-0.25, -0.2) is 4.98 Å². The van der Waals surface area contributed by atoms with Crippen LogP contribution in [0, 0.1) is 6.92 Å². The van der Waals surface area contributed by atoms with Crippen LogP contribution in [-0.4, -0.2) is 27.7 Å². The highest BCUT2D eigenvalue weighted by atomic mass is 32.1. The summed E-state index contributed by atoms with van der Waals surface area (Å²) in [6.07, 6.45) is 1.95. The predicted molar refractivity (Wildman–Crippen MR) is 71.5 cm³/mol. The Balaban J connectivity index is 1.75. The molecule has 0 saturated heterocycles. The molecule has 20 heavy (non-hydrogen) atoms. The molecule has 2 aromatic rings. The first-order chi connectivity index (χ1) is 9.64. The SMILES string of the molecule is CCOC(=O)C1(c2nc(Cc3nc(C)cs3)no2)CC1. The number of aromatic nitrogens is 3. The fourth-order valence-electron chi connectivity index (χ4n) is 2.04. The molecule has 6 nitrogen and oxygen atoms in total. The molecule has 0 aromatic carbocycles. The third-order valence-corrected chi connectivity index (χ3v) is 4.24. The summed E-state index contributed by atoms with van der Waals surface area (Å²) in [5, 5.41) is 6.87. The molecule has 1 aliphatic carbocycles. The van der Waals surface area contributed by atoms with Gasteiger partial charge in [0.2, 0.25) is 5.89 Å². The van der Waals surface area contributed by atoms with E-state index in [4.69, 9.17) is 9.26 Å². The van der Waals surface area contributed by atoms with Crippen molar-refractivity contribution in [1.29, 1.82) is 0 Å². The standard InChI is InChI=1S/C13H15N3O3S/c1-3-18-12(17)13(4-5-13)11-15-9(16-19-11)6-10-14-8(2)7-20-10/h7H,3-6H2,1-2H3. The summed E-state index contributed by atoms with van der Waals surface area (Å²) in [5.41, 5.74) is 0.291. The van der Waals surface area contributed by atoms with Gasteiger partial charge in [-0.05, 0) is 26.7 Å². The van der Waals surface area contributed by atoms with Crippen LogP contribution in [0.2, 0.25) is 0 Å². The molecule has 0 spiro atoms. The lowest BCUT2D eigenvalue weighted by atomic mass is 10.1. The van der Waals surface area contributed by atoms with E-state index >= 15 is 0 Å². The number of hydrogen-bond donors (Lipinski definition) is 0. The van der Waals surface area contributed by atoms with Crippen molar-refractivity contribution < 1.29 is 14.1 Å². The summed E-state index contributed by atoms with van der Waals surface area (Å²) >= 11 is 1.57. The van der Waals surface area contributed by atoms with Gasteiger partial charge in [-0.3, -0.25) is 4.79 Å². The van der Waals surface area contributed by atoms with Crippen molar-refractivity contribution in [2.75, 3.05) is 6.61 Å². The summed E-state index contributed by atoms with van der Waals surface area (Å²) in [7, 11) is 0. The Bertz CT molecular complexity index is 630. The van der Waals surface area contributed by atoms with Crippen molar-refractivity contribution in [2.24, 2.45) is 0 Å². The quantitative estimate of drug-likeness (QED) is 0.785. The molecule has 0 atom stereocenters. The van der Waals surface area contributed by atoms with Crippen molar-refractivity contribution in [1.82, 2.24) is 15.1 Å². The van der Waals surface area contributed by atoms with Crippen molar-refractivity contribution >= 4 is 17.3 Å². The number of ether oxygens (including phenoxy) is 1. The zero-order chi connectivity index (χ0) is 14.2. The molecule has 0 radical (unpaired) electrons. The number of carbonyl (C=O) groups excluding carboxylic acids is 1. The normalized spacial score (nSPS) is 16.1. The smallest absolute Gasteiger partial charge is 0.321 e. The van der Waals surface area contributed by atoms with Gasteiger partial charge >= 0.3 is 5.97 Å². The second kappa shape index (κ2) is 4.97. The highest BCUT2D eigenvalue weighted by Crippen LogP contribution is 2.48. The molecule has 1 fully saturated rings. The van der Waals surface area contributed by atoms with Crippen LogP contribution in [0.5, 0.6) is 0 Å². The molecule has 3 rings (SSSR count). The van der Waals surface area contributed by atoms with Crippen LogP contribution in [0.15, 0.2) is 9.90 Å². The van der Waals surface area contributed by atoms with Crippen LogP contribution in [0.25, 0.3) is 0 Å². The van der Waals surface area contributed by atoms with E-state index in [-0.39, 0.29) is 5.97 Å². The van der Waals surface area contributed by atoms with Crippen LogP contribution in [-0.2, 0) is 21.4 Å². The van der Waals surface area contributed by atoms with Crippen LogP contribution < -0.4 is 0 Å². The number of carbonyl (C=O) groups is 1. The number of nitrogens with zero attached hydrogens (tertiary/aromatic N) is 3. The molecule has 0 amide bonds. The Morgan fingerprint density at radius 3 is 2.90 bits per heavy atom. The lowest BCUT2D eigenvalue weighted by molar-refractivity contribution is -0.146. The minimum atomic E-state index is -0.694. The van der Waals surface area contributed by atoms with Crippen LogP contribution >= 0.6 is 11.3 Å². The molecular formula is C13H15N3O3S. The third kappa shape index (κ3) is 2.33. The first-order valence-corrected chi connectivity index (χ1v) is 7.43. The first kappa shape index (κ1) is 13.2. The van der Waals surface area contributed by atoms with Gasteiger partial charge in [0.15, 0.2) is 5.82 Å². The van der Waals surface area contributed by atoms with E-state index in [1.54, 1.807) is 18.3 Å². The molecule has 7 heteroatoms. The van der Waals surface area contributed by atoms with Crippen LogP contribution in [0.4, 0.5) is 0 Å². The van der Waals surface area contributed by atoms with Gasteiger partial charge in [0.05, 0.1) is 13.0 Å². The highest BCUT2D eigenvalue weighted by molar-refractivity contribution is 7.09. The molecule has 2 heterocycles. The number of rotatable bonds is 5. The Morgan fingerprint density at radius 2 is 2.30 bits per heavy atom. The van der Waals surface area contributed by atoms with E-state index in [1.807, 2.05) is 12.3 Å². The summed E-state index contributed by atoms with van der Waals surface area (Å²) in [6.45, 7) is 4.10. The molecule has 0 aliphatic heterocycles. The van der Waals surface area contributed by atoms with Crippen molar-refractivity contribution in [3.63, 3.8) is 0 Å². The van der Waals surface area contributed by atoms with Crippen molar-refractivity contribution in [3.05, 3.63) is 27.8 Å². The maximum atomic E-state index is 11.9. The average Bonchev–Trinajstić information content (AvgIpc) is 2.94. The number of thiazole rings is 1. The van der Waals surface area contributed by atoms with Gasteiger partial charge in [0, 0.05) is 11.1 Å². The van der Waals surface area contributed by atoms with Crippen molar-refractivity contribution in [2.45, 2.75) is 38.5 Å². The zero-order valence-electron chi connectivity index (χ0n) is 11.4. The Kier molecular flexibility index (Phi) is 3.29. The lowest BCUT2D eigenvalue weighted by Crippen LogP contribution is -2.23. The molecule has 2 aromatic heterocycles. The predicted octanol–water partition coefficient (Wildman–Crippen LogP) is 2.02. The fourth-order valence-corrected chi connectivity index (χ4v) is 2.81. The monoisotopic (exact) mass is 293 g/mol. The molecule has 1 saturated carbocycles. The summed E-state index contributed by atoms with van der Waals surface area (Å²) in [4.78, 5) is 20.6. The van der Waals surface area contributed by atoms with Crippen molar-refractivity contribution in [3.8, 4) is 0 Å². The van der Waals surface area contributed by atoms with Gasteiger partial charge in [-0.1, -0.05) is 5.16 Å². The van der Waals surface area contributed by atoms with E-state index in [9.17, 15) is 4.79 Å². The second-order valence-corrected chi connectivity index (χ2v) is 5.82. The molecule has 0 unspecified atom stereocenters. The maximum Gasteiger partial charge on any atom is 0.321 e. The summed E-state index contributed by atoms with van der Waals surface area (Å²) < 4.78 is 10.3. The Labute approximate surface area is 120 Å². The second-order valence-electron chi connectivity index (χ2n) is 4.88. The fraction of sp³-hybridized carbons (Fsp3) is 0.538. The summed E-state index contributed by atoms with van der Waals surface area (Å²) in [6, 6.07) is 0. The van der Waals surface area contributed by atoms with E-state index in [0.29, 0.717) is 37.6 Å². The summed E-state index contributed by atoms with van der Waals surface area (Å²) in [5.74, 6) is 0.671. The van der Waals surface area contributed by atoms with Crippen LogP contribution in [0.3, 0.4) is 0 Å². The Morgan fingerprint density at radius 1 is 1.50 bits per heavy atom. The third-order valence-electron chi connectivity index (χ3n) is 3.27. The van der Waals surface area contributed by atoms with E-state index < -0.39 is 5.41 Å². The maximum absolute atomic E-state index is 11.9. The highest BCUT2D eigenvalue weighted by Gasteiger charge is 2.57. The van der Waals surface area contributed by atoms with E-state index in [2.05, 4.69) is 15.1 Å². The minimum absolute atomic E-state index is 0.264. The lowest BCUT2D eigenvalue weighted by Gasteiger charge is -2.07. The van der Waals surface area contributed by atoms with Gasteiger partial charge < -0.3 is 9.26 Å². The molecule has 0 bridgehead atoms. The van der Waals surface area contributed by atoms with E-state index in [1.165, 1.54) is 0 Å².